The second-order valence-electron chi connectivity index (χ2n) is 7.07. The Labute approximate surface area is 121 Å². The molecule has 114 valence electrons. The first kappa shape index (κ1) is 14.1. The largest absolute Gasteiger partial charge is 0.394 e. The fourth-order valence-corrected chi connectivity index (χ4v) is 3.33. The highest BCUT2D eigenvalue weighted by Gasteiger charge is 2.42. The summed E-state index contributed by atoms with van der Waals surface area (Å²) in [6.07, 6.45) is 6.12. The van der Waals surface area contributed by atoms with Gasteiger partial charge >= 0.3 is 6.03 Å². The van der Waals surface area contributed by atoms with Crippen molar-refractivity contribution in [1.82, 2.24) is 15.5 Å². The molecule has 0 aromatic carbocycles. The third-order valence-corrected chi connectivity index (χ3v) is 5.14. The predicted molar refractivity (Wildman–Crippen MR) is 77.5 cm³/mol. The minimum absolute atomic E-state index is 0.0178. The van der Waals surface area contributed by atoms with E-state index in [1.807, 2.05) is 6.92 Å². The van der Waals surface area contributed by atoms with Crippen LogP contribution in [0.15, 0.2) is 0 Å². The number of aliphatic hydroxyl groups excluding tert-OH is 1. The molecule has 2 unspecified atom stereocenters. The smallest absolute Gasteiger partial charge is 0.315 e. The van der Waals surface area contributed by atoms with Crippen molar-refractivity contribution in [3.63, 3.8) is 0 Å². The molecule has 20 heavy (non-hydrogen) atoms. The molecule has 1 saturated heterocycles. The van der Waals surface area contributed by atoms with E-state index in [4.69, 9.17) is 0 Å². The van der Waals surface area contributed by atoms with Crippen molar-refractivity contribution in [2.75, 3.05) is 26.2 Å². The summed E-state index contributed by atoms with van der Waals surface area (Å²) in [5, 5.41) is 15.4. The average molecular weight is 281 g/mol. The van der Waals surface area contributed by atoms with Gasteiger partial charge in [0.15, 0.2) is 0 Å². The Morgan fingerprint density at radius 1 is 1.30 bits per heavy atom. The number of urea groups is 1. The number of likely N-dealkylation sites (tertiary alicyclic amines) is 1. The Bertz CT molecular complexity index is 368. The van der Waals surface area contributed by atoms with Crippen molar-refractivity contribution in [3.05, 3.63) is 0 Å². The van der Waals surface area contributed by atoms with E-state index in [2.05, 4.69) is 15.5 Å². The van der Waals surface area contributed by atoms with Crippen LogP contribution in [0.1, 0.15) is 39.0 Å². The Kier molecular flexibility index (Phi) is 3.91. The summed E-state index contributed by atoms with van der Waals surface area (Å²) >= 11 is 0. The summed E-state index contributed by atoms with van der Waals surface area (Å²) in [7, 11) is 0. The van der Waals surface area contributed by atoms with Crippen LogP contribution >= 0.6 is 0 Å². The zero-order valence-electron chi connectivity index (χ0n) is 12.4. The third-order valence-electron chi connectivity index (χ3n) is 5.14. The van der Waals surface area contributed by atoms with Gasteiger partial charge in [0, 0.05) is 19.1 Å². The van der Waals surface area contributed by atoms with Gasteiger partial charge in [-0.2, -0.15) is 0 Å². The normalized spacial score (nSPS) is 30.0. The molecule has 1 heterocycles. The highest BCUT2D eigenvalue weighted by molar-refractivity contribution is 5.74. The molecule has 2 aliphatic carbocycles. The maximum absolute atomic E-state index is 12.0. The zero-order valence-corrected chi connectivity index (χ0v) is 12.4. The molecule has 0 spiro atoms. The van der Waals surface area contributed by atoms with Crippen LogP contribution in [0.2, 0.25) is 0 Å². The fourth-order valence-electron chi connectivity index (χ4n) is 3.33. The van der Waals surface area contributed by atoms with Gasteiger partial charge in [-0.3, -0.25) is 0 Å². The molecule has 5 heteroatoms. The highest BCUT2D eigenvalue weighted by Crippen LogP contribution is 2.39. The van der Waals surface area contributed by atoms with Crippen LogP contribution in [0, 0.1) is 11.8 Å². The van der Waals surface area contributed by atoms with Crippen LogP contribution in [-0.4, -0.2) is 53.9 Å². The molecule has 3 N–H and O–H groups in total. The Balaban J connectivity index is 1.38. The van der Waals surface area contributed by atoms with E-state index < -0.39 is 5.54 Å². The van der Waals surface area contributed by atoms with Gasteiger partial charge in [0.25, 0.3) is 0 Å². The number of amides is 2. The van der Waals surface area contributed by atoms with E-state index >= 15 is 0 Å². The van der Waals surface area contributed by atoms with Crippen molar-refractivity contribution >= 4 is 6.03 Å². The van der Waals surface area contributed by atoms with Gasteiger partial charge in [-0.15, -0.1) is 0 Å². The lowest BCUT2D eigenvalue weighted by molar-refractivity contribution is 0.154. The van der Waals surface area contributed by atoms with Crippen LogP contribution in [-0.2, 0) is 0 Å². The lowest BCUT2D eigenvalue weighted by Gasteiger charge is -2.29. The molecule has 5 nitrogen and oxygen atoms in total. The number of carbonyl (C=O) groups is 1. The van der Waals surface area contributed by atoms with E-state index in [-0.39, 0.29) is 12.6 Å². The van der Waals surface area contributed by atoms with E-state index in [1.54, 1.807) is 0 Å². The summed E-state index contributed by atoms with van der Waals surface area (Å²) in [6, 6.07) is 0.708. The van der Waals surface area contributed by atoms with Gasteiger partial charge in [0.2, 0.25) is 0 Å². The van der Waals surface area contributed by atoms with E-state index in [0.717, 1.165) is 32.0 Å². The Morgan fingerprint density at radius 3 is 2.65 bits per heavy atom. The number of hydrogen-bond acceptors (Lipinski definition) is 3. The van der Waals surface area contributed by atoms with E-state index in [1.165, 1.54) is 25.8 Å². The molecule has 2 amide bonds. The third kappa shape index (κ3) is 3.26. The molecule has 3 aliphatic rings. The monoisotopic (exact) mass is 281 g/mol. The number of nitrogens with zero attached hydrogens (tertiary/aromatic N) is 1. The van der Waals surface area contributed by atoms with Gasteiger partial charge in [-0.25, -0.2) is 4.79 Å². The molecular weight excluding hydrogens is 254 g/mol. The Hall–Kier alpha value is -0.810. The second kappa shape index (κ2) is 5.53. The van der Waals surface area contributed by atoms with Crippen LogP contribution in [0.4, 0.5) is 4.79 Å². The molecule has 2 saturated carbocycles. The summed E-state index contributed by atoms with van der Waals surface area (Å²) in [5.41, 5.74) is -0.445. The van der Waals surface area contributed by atoms with E-state index in [9.17, 15) is 9.90 Å². The molecule has 3 fully saturated rings. The van der Waals surface area contributed by atoms with Crippen LogP contribution in [0.3, 0.4) is 0 Å². The molecule has 0 bridgehead atoms. The van der Waals surface area contributed by atoms with Gasteiger partial charge in [0.1, 0.15) is 0 Å². The summed E-state index contributed by atoms with van der Waals surface area (Å²) in [5.74, 6) is 1.03. The summed E-state index contributed by atoms with van der Waals surface area (Å²) < 4.78 is 0. The SMILES string of the molecule is CC(CO)(NC(=O)NCC1CCN(C2CC2)C1)C1CC1. The van der Waals surface area contributed by atoms with E-state index in [0.29, 0.717) is 11.8 Å². The molecule has 3 rings (SSSR count). The van der Waals surface area contributed by atoms with Gasteiger partial charge in [0.05, 0.1) is 12.1 Å². The van der Waals surface area contributed by atoms with Crippen molar-refractivity contribution in [2.45, 2.75) is 50.6 Å². The lowest BCUT2D eigenvalue weighted by atomic mass is 9.97. The molecule has 1 aliphatic heterocycles. The second-order valence-corrected chi connectivity index (χ2v) is 7.07. The Morgan fingerprint density at radius 2 is 2.05 bits per heavy atom. The number of aliphatic hydroxyl groups is 1. The minimum atomic E-state index is -0.445. The quantitative estimate of drug-likeness (QED) is 0.678. The van der Waals surface area contributed by atoms with Crippen molar-refractivity contribution in [2.24, 2.45) is 11.8 Å². The topological polar surface area (TPSA) is 64.6 Å². The predicted octanol–water partition coefficient (Wildman–Crippen LogP) is 0.931. The molecular formula is C15H27N3O2. The molecule has 2 atom stereocenters. The first-order valence-corrected chi connectivity index (χ1v) is 8.01. The van der Waals surface area contributed by atoms with Crippen LogP contribution in [0.5, 0.6) is 0 Å². The number of hydrogen-bond donors (Lipinski definition) is 3. The number of rotatable bonds is 6. The first-order valence-electron chi connectivity index (χ1n) is 8.01. The molecule has 0 radical (unpaired) electrons. The maximum atomic E-state index is 12.0. The fraction of sp³-hybridized carbons (Fsp3) is 0.933. The average Bonchev–Trinajstić information content (AvgIpc) is 3.34. The first-order chi connectivity index (χ1) is 9.60. The van der Waals surface area contributed by atoms with Crippen molar-refractivity contribution < 1.29 is 9.90 Å². The molecule has 0 aromatic heterocycles. The number of nitrogens with one attached hydrogen (secondary N) is 2. The summed E-state index contributed by atoms with van der Waals surface area (Å²) in [4.78, 5) is 14.5. The van der Waals surface area contributed by atoms with Gasteiger partial charge in [-0.05, 0) is 57.4 Å². The number of carbonyl (C=O) groups excluding carboxylic acids is 1. The van der Waals surface area contributed by atoms with Crippen LogP contribution < -0.4 is 10.6 Å². The minimum Gasteiger partial charge on any atom is -0.394 e. The standard InChI is InChI=1S/C15H27N3O2/c1-15(10-19,12-2-3-12)17-14(20)16-8-11-6-7-18(9-11)13-4-5-13/h11-13,19H,2-10H2,1H3,(H2,16,17,20). The molecule has 0 aromatic rings. The van der Waals surface area contributed by atoms with Gasteiger partial charge < -0.3 is 20.6 Å². The lowest BCUT2D eigenvalue weighted by Crippen LogP contribution is -2.54. The van der Waals surface area contributed by atoms with Gasteiger partial charge in [-0.1, -0.05) is 0 Å². The van der Waals surface area contributed by atoms with Crippen molar-refractivity contribution in [1.29, 1.82) is 0 Å². The highest BCUT2D eigenvalue weighted by atomic mass is 16.3. The summed E-state index contributed by atoms with van der Waals surface area (Å²) in [6.45, 7) is 5.03. The van der Waals surface area contributed by atoms with Crippen LogP contribution in [0.25, 0.3) is 0 Å². The van der Waals surface area contributed by atoms with Crippen molar-refractivity contribution in [3.8, 4) is 0 Å². The maximum Gasteiger partial charge on any atom is 0.315 e. The zero-order chi connectivity index (χ0) is 14.2.